The maximum absolute atomic E-state index is 13.5. The zero-order valence-corrected chi connectivity index (χ0v) is 37.0. The SMILES string of the molecule is CC1CCC(=O)NC1=O.CCCC1(CCCc2ccc(C3c4ccc(O)cc4CCC3c3ccccc3)cc2)CCN(C(=O)CN2Cc3cc(C(C)=O)c(C(C)=O)cc3C2)CC1. The van der Waals surface area contributed by atoms with Gasteiger partial charge in [-0.2, -0.15) is 0 Å². The van der Waals surface area contributed by atoms with Crippen LogP contribution in [0.25, 0.3) is 0 Å². The van der Waals surface area contributed by atoms with Crippen LogP contribution in [0.2, 0.25) is 0 Å². The Labute approximate surface area is 367 Å². The van der Waals surface area contributed by atoms with Crippen LogP contribution in [0.5, 0.6) is 5.75 Å². The van der Waals surface area contributed by atoms with E-state index >= 15 is 0 Å². The Morgan fingerprint density at radius 2 is 1.44 bits per heavy atom. The van der Waals surface area contributed by atoms with E-state index in [1.165, 1.54) is 54.5 Å². The van der Waals surface area contributed by atoms with Crippen LogP contribution in [0.1, 0.15) is 157 Å². The van der Waals surface area contributed by atoms with Crippen molar-refractivity contribution in [1.29, 1.82) is 0 Å². The van der Waals surface area contributed by atoms with E-state index in [9.17, 15) is 29.1 Å². The molecule has 0 aromatic heterocycles. The second-order valence-electron chi connectivity index (χ2n) is 18.4. The molecule has 3 unspecified atom stereocenters. The number of fused-ring (bicyclic) bond motifs is 2. The number of phenols is 1. The number of likely N-dealkylation sites (tertiary alicyclic amines) is 1. The Morgan fingerprint density at radius 3 is 2.03 bits per heavy atom. The molecule has 3 atom stereocenters. The highest BCUT2D eigenvalue weighted by atomic mass is 16.3. The molecule has 0 spiro atoms. The van der Waals surface area contributed by atoms with Crippen molar-refractivity contribution in [2.45, 2.75) is 123 Å². The monoisotopic (exact) mass is 837 g/mol. The first kappa shape index (κ1) is 44.6. The molecular weight excluding hydrogens is 775 g/mol. The average molecular weight is 838 g/mol. The van der Waals surface area contributed by atoms with Crippen LogP contribution in [0.3, 0.4) is 0 Å². The Morgan fingerprint density at radius 1 is 0.774 bits per heavy atom. The number of ketones is 2. The van der Waals surface area contributed by atoms with Crippen molar-refractivity contribution < 1.29 is 29.1 Å². The van der Waals surface area contributed by atoms with Crippen LogP contribution in [-0.2, 0) is 40.3 Å². The van der Waals surface area contributed by atoms with E-state index in [-0.39, 0.29) is 46.5 Å². The van der Waals surface area contributed by atoms with Crippen LogP contribution in [-0.4, -0.2) is 63.8 Å². The van der Waals surface area contributed by atoms with E-state index in [1.807, 2.05) is 31.2 Å². The number of nitrogens with zero attached hydrogens (tertiary/aromatic N) is 2. The molecule has 3 aliphatic heterocycles. The first-order chi connectivity index (χ1) is 29.8. The summed E-state index contributed by atoms with van der Waals surface area (Å²) in [5.41, 5.74) is 10.0. The molecule has 62 heavy (non-hydrogen) atoms. The molecule has 4 aromatic carbocycles. The highest BCUT2D eigenvalue weighted by molar-refractivity contribution is 6.07. The number of amides is 3. The highest BCUT2D eigenvalue weighted by Crippen LogP contribution is 2.47. The molecule has 8 rings (SSSR count). The number of carbonyl (C=O) groups excluding carboxylic acids is 5. The minimum Gasteiger partial charge on any atom is -0.508 e. The Hall–Kier alpha value is -5.41. The van der Waals surface area contributed by atoms with Crippen molar-refractivity contribution in [3.05, 3.63) is 135 Å². The van der Waals surface area contributed by atoms with Gasteiger partial charge >= 0.3 is 0 Å². The fourth-order valence-corrected chi connectivity index (χ4v) is 10.5. The van der Waals surface area contributed by atoms with Crippen molar-refractivity contribution in [3.63, 3.8) is 0 Å². The minimum atomic E-state index is -0.141. The van der Waals surface area contributed by atoms with Gasteiger partial charge in [-0.25, -0.2) is 0 Å². The number of benzene rings is 4. The third kappa shape index (κ3) is 10.4. The second kappa shape index (κ2) is 19.7. The maximum atomic E-state index is 13.5. The number of piperidine rings is 2. The van der Waals surface area contributed by atoms with E-state index in [1.54, 1.807) is 0 Å². The predicted octanol–water partition coefficient (Wildman–Crippen LogP) is 9.47. The van der Waals surface area contributed by atoms with Crippen molar-refractivity contribution in [2.75, 3.05) is 19.6 Å². The molecule has 9 heteroatoms. The molecule has 1 aliphatic carbocycles. The summed E-state index contributed by atoms with van der Waals surface area (Å²) in [7, 11) is 0. The third-order valence-electron chi connectivity index (χ3n) is 14.0. The van der Waals surface area contributed by atoms with Crippen molar-refractivity contribution >= 4 is 29.3 Å². The largest absolute Gasteiger partial charge is 0.508 e. The van der Waals surface area contributed by atoms with Crippen molar-refractivity contribution in [3.8, 4) is 5.75 Å². The van der Waals surface area contributed by atoms with Gasteiger partial charge < -0.3 is 10.0 Å². The fourth-order valence-electron chi connectivity index (χ4n) is 10.5. The standard InChI is InChI=1S/C47H54N2O4.C6H9NO2/c1-4-20-47(22-24-49(25-23-47)45(53)31-48-29-38-27-43(32(2)50)44(33(3)51)28-39(38)30-48)21-8-9-34-12-14-36(15-13-34)46-41(35-10-6-5-7-11-35)18-16-37-26-40(52)17-19-42(37)46;1-4-2-3-5(8)7-6(4)9/h5-7,10-15,17,19,26-28,41,46,52H,4,8-9,16,18,20-25,29-31H2,1-3H3;4H,2-3H2,1H3,(H,7,8,9). The van der Waals surface area contributed by atoms with Crippen LogP contribution in [0, 0.1) is 11.3 Å². The number of carbonyl (C=O) groups is 5. The number of rotatable bonds is 12. The summed E-state index contributed by atoms with van der Waals surface area (Å²) in [6.45, 7) is 10.3. The normalized spacial score (nSPS) is 20.6. The van der Waals surface area contributed by atoms with E-state index in [0.29, 0.717) is 55.3 Å². The van der Waals surface area contributed by atoms with Gasteiger partial charge in [0.25, 0.3) is 0 Å². The van der Waals surface area contributed by atoms with E-state index < -0.39 is 0 Å². The lowest BCUT2D eigenvalue weighted by atomic mass is 9.69. The quantitative estimate of drug-likeness (QED) is 0.108. The number of phenolic OH excluding ortho intramolecular Hbond substituents is 1. The molecule has 4 aliphatic rings. The molecule has 0 radical (unpaired) electrons. The summed E-state index contributed by atoms with van der Waals surface area (Å²) in [5.74, 6) is 0.724. The number of hydrogen-bond acceptors (Lipinski definition) is 7. The maximum Gasteiger partial charge on any atom is 0.236 e. The molecule has 3 amide bonds. The number of Topliss-reactive ketones (excluding diaryl/α,β-unsaturated/α-hetero) is 2. The smallest absolute Gasteiger partial charge is 0.236 e. The molecule has 3 heterocycles. The number of aromatic hydroxyl groups is 1. The average Bonchev–Trinajstić information content (AvgIpc) is 3.66. The summed E-state index contributed by atoms with van der Waals surface area (Å²) in [5, 5.41) is 12.5. The van der Waals surface area contributed by atoms with Gasteiger partial charge in [0.15, 0.2) is 11.6 Å². The van der Waals surface area contributed by atoms with Gasteiger partial charge in [-0.15, -0.1) is 0 Å². The van der Waals surface area contributed by atoms with Gasteiger partial charge in [0, 0.05) is 55.6 Å². The Bertz CT molecular complexity index is 2230. The van der Waals surface area contributed by atoms with Gasteiger partial charge in [-0.3, -0.25) is 34.2 Å². The first-order valence-electron chi connectivity index (χ1n) is 22.8. The minimum absolute atomic E-state index is 0.0164. The predicted molar refractivity (Wildman–Crippen MR) is 242 cm³/mol. The topological polar surface area (TPSA) is 124 Å². The van der Waals surface area contributed by atoms with Crippen LogP contribution >= 0.6 is 0 Å². The van der Waals surface area contributed by atoms with Gasteiger partial charge in [0.1, 0.15) is 5.75 Å². The van der Waals surface area contributed by atoms with E-state index in [2.05, 4.69) is 82.7 Å². The second-order valence-corrected chi connectivity index (χ2v) is 18.4. The lowest BCUT2D eigenvalue weighted by Gasteiger charge is -2.42. The highest BCUT2D eigenvalue weighted by Gasteiger charge is 2.36. The molecule has 4 aromatic rings. The summed E-state index contributed by atoms with van der Waals surface area (Å²) in [6.07, 6.45) is 11.1. The molecule has 2 N–H and O–H groups in total. The van der Waals surface area contributed by atoms with E-state index in [4.69, 9.17) is 0 Å². The summed E-state index contributed by atoms with van der Waals surface area (Å²) >= 11 is 0. The van der Waals surface area contributed by atoms with Crippen LogP contribution in [0.15, 0.2) is 84.9 Å². The molecular formula is C53H63N3O6. The number of aryl methyl sites for hydroxylation is 2. The molecule has 2 fully saturated rings. The third-order valence-corrected chi connectivity index (χ3v) is 14.0. The molecule has 0 saturated carbocycles. The van der Waals surface area contributed by atoms with Crippen LogP contribution in [0.4, 0.5) is 0 Å². The fraction of sp³-hybridized carbons (Fsp3) is 0.453. The lowest BCUT2D eigenvalue weighted by molar-refractivity contribution is -0.136. The van der Waals surface area contributed by atoms with Crippen LogP contribution < -0.4 is 5.32 Å². The molecule has 9 nitrogen and oxygen atoms in total. The summed E-state index contributed by atoms with van der Waals surface area (Å²) in [4.78, 5) is 63.3. The van der Waals surface area contributed by atoms with Crippen molar-refractivity contribution in [2.24, 2.45) is 11.3 Å². The van der Waals surface area contributed by atoms with Gasteiger partial charge in [0.05, 0.1) is 6.54 Å². The van der Waals surface area contributed by atoms with Gasteiger partial charge in [0.2, 0.25) is 17.7 Å². The molecule has 2 saturated heterocycles. The number of imide groups is 1. The zero-order chi connectivity index (χ0) is 44.0. The number of hydrogen-bond donors (Lipinski definition) is 2. The summed E-state index contributed by atoms with van der Waals surface area (Å²) in [6, 6.07) is 29.9. The Balaban J connectivity index is 0.000000572. The van der Waals surface area contributed by atoms with Crippen molar-refractivity contribution in [1.82, 2.24) is 15.1 Å². The van der Waals surface area contributed by atoms with E-state index in [0.717, 1.165) is 69.2 Å². The Kier molecular flexibility index (Phi) is 14.2. The lowest BCUT2D eigenvalue weighted by Crippen LogP contribution is -2.46. The first-order valence-corrected chi connectivity index (χ1v) is 22.8. The molecule has 0 bridgehead atoms. The number of nitrogens with one attached hydrogen (secondary N) is 1. The van der Waals surface area contributed by atoms with Gasteiger partial charge in [-0.1, -0.05) is 80.9 Å². The molecule has 326 valence electrons. The summed E-state index contributed by atoms with van der Waals surface area (Å²) < 4.78 is 0. The zero-order valence-electron chi connectivity index (χ0n) is 37.0. The van der Waals surface area contributed by atoms with Gasteiger partial charge in [-0.05, 0) is 146 Å².